The number of nitrogens with one attached hydrogen (secondary N) is 2. The lowest BCUT2D eigenvalue weighted by Crippen LogP contribution is -2.41. The molecule has 2 fully saturated rings. The molecular formula is C24H29F2N3O3S. The van der Waals surface area contributed by atoms with Gasteiger partial charge >= 0.3 is 0 Å². The second kappa shape index (κ2) is 10.2. The van der Waals surface area contributed by atoms with Gasteiger partial charge < -0.3 is 10.6 Å². The number of hydrogen-bond acceptors (Lipinski definition) is 4. The van der Waals surface area contributed by atoms with E-state index in [2.05, 4.69) is 10.6 Å². The van der Waals surface area contributed by atoms with Gasteiger partial charge in [-0.1, -0.05) is 19.3 Å². The van der Waals surface area contributed by atoms with Crippen LogP contribution in [0.15, 0.2) is 47.4 Å². The number of nitrogens with zero attached hydrogens (tertiary/aromatic N) is 1. The maximum atomic E-state index is 14.0. The van der Waals surface area contributed by atoms with Crippen molar-refractivity contribution < 1.29 is 22.0 Å². The first kappa shape index (κ1) is 23.6. The van der Waals surface area contributed by atoms with E-state index >= 15 is 0 Å². The number of carbonyl (C=O) groups is 1. The van der Waals surface area contributed by atoms with E-state index in [0.717, 1.165) is 22.1 Å². The maximum absolute atomic E-state index is 14.0. The van der Waals surface area contributed by atoms with Crippen molar-refractivity contribution in [3.8, 4) is 0 Å². The Balaban J connectivity index is 1.30. The summed E-state index contributed by atoms with van der Waals surface area (Å²) in [5.74, 6) is -2.33. The molecule has 6 nitrogen and oxygen atoms in total. The smallest absolute Gasteiger partial charge is 0.246 e. The molecule has 0 bridgehead atoms. The number of halogens is 2. The summed E-state index contributed by atoms with van der Waals surface area (Å²) in [5, 5.41) is 6.44. The fourth-order valence-corrected chi connectivity index (χ4v) is 6.09. The van der Waals surface area contributed by atoms with Gasteiger partial charge in [-0.25, -0.2) is 17.2 Å². The summed E-state index contributed by atoms with van der Waals surface area (Å²) in [4.78, 5) is 12.0. The molecule has 1 aliphatic heterocycles. The van der Waals surface area contributed by atoms with Gasteiger partial charge in [-0.15, -0.1) is 0 Å². The first-order valence-corrected chi connectivity index (χ1v) is 12.9. The normalized spacial score (nSPS) is 18.7. The number of anilines is 2. The van der Waals surface area contributed by atoms with Gasteiger partial charge in [0, 0.05) is 36.4 Å². The molecule has 2 aromatic rings. The van der Waals surface area contributed by atoms with E-state index in [9.17, 15) is 22.0 Å². The summed E-state index contributed by atoms with van der Waals surface area (Å²) in [6, 6.07) is 10.5. The standard InChI is InChI=1S/C24H29F2N3O3S/c25-18-6-11-22(26)23(16-18)33(31,32)29-14-12-17(13-15-29)24(30)28-21-9-7-20(8-10-21)27-19-4-2-1-3-5-19/h6-11,16-17,19,27H,1-5,12-15H2,(H,28,30). The Kier molecular flexibility index (Phi) is 7.29. The maximum Gasteiger partial charge on any atom is 0.246 e. The molecule has 2 aliphatic rings. The average molecular weight is 478 g/mol. The highest BCUT2D eigenvalue weighted by molar-refractivity contribution is 7.89. The number of sulfonamides is 1. The molecule has 2 N–H and O–H groups in total. The van der Waals surface area contributed by atoms with Crippen LogP contribution < -0.4 is 10.6 Å². The van der Waals surface area contributed by atoms with Crippen molar-refractivity contribution in [2.45, 2.75) is 55.9 Å². The molecule has 1 saturated carbocycles. The summed E-state index contributed by atoms with van der Waals surface area (Å²) in [6.07, 6.45) is 6.78. The topological polar surface area (TPSA) is 78.5 Å². The molecule has 0 unspecified atom stereocenters. The third-order valence-electron chi connectivity index (χ3n) is 6.46. The molecule has 1 saturated heterocycles. The highest BCUT2D eigenvalue weighted by Gasteiger charge is 2.33. The van der Waals surface area contributed by atoms with E-state index in [1.165, 1.54) is 32.1 Å². The Bertz CT molecular complexity index is 1080. The molecule has 1 heterocycles. The Morgan fingerprint density at radius 1 is 0.879 bits per heavy atom. The molecule has 0 aromatic heterocycles. The van der Waals surface area contributed by atoms with Gasteiger partial charge in [0.25, 0.3) is 0 Å². The monoisotopic (exact) mass is 477 g/mol. The van der Waals surface area contributed by atoms with Crippen LogP contribution in [-0.4, -0.2) is 37.8 Å². The lowest BCUT2D eigenvalue weighted by atomic mass is 9.95. The fourth-order valence-electron chi connectivity index (χ4n) is 4.55. The van der Waals surface area contributed by atoms with Gasteiger partial charge in [-0.2, -0.15) is 4.31 Å². The van der Waals surface area contributed by atoms with E-state index in [1.807, 2.05) is 24.3 Å². The van der Waals surface area contributed by atoms with E-state index in [0.29, 0.717) is 30.6 Å². The second-order valence-electron chi connectivity index (χ2n) is 8.80. The van der Waals surface area contributed by atoms with Crippen LogP contribution in [0.1, 0.15) is 44.9 Å². The van der Waals surface area contributed by atoms with Crippen LogP contribution in [0, 0.1) is 17.6 Å². The molecule has 0 radical (unpaired) electrons. The van der Waals surface area contributed by atoms with Crippen molar-refractivity contribution >= 4 is 27.3 Å². The van der Waals surface area contributed by atoms with Crippen molar-refractivity contribution in [1.29, 1.82) is 0 Å². The van der Waals surface area contributed by atoms with E-state index < -0.39 is 26.6 Å². The van der Waals surface area contributed by atoms with Crippen molar-refractivity contribution in [1.82, 2.24) is 4.31 Å². The van der Waals surface area contributed by atoms with Gasteiger partial charge in [0.1, 0.15) is 16.5 Å². The average Bonchev–Trinajstić information content (AvgIpc) is 2.82. The van der Waals surface area contributed by atoms with Crippen LogP contribution in [0.5, 0.6) is 0 Å². The number of amides is 1. The number of piperidine rings is 1. The van der Waals surface area contributed by atoms with Crippen LogP contribution in [0.2, 0.25) is 0 Å². The molecule has 0 atom stereocenters. The predicted molar refractivity (Wildman–Crippen MR) is 123 cm³/mol. The van der Waals surface area contributed by atoms with Crippen molar-refractivity contribution in [3.63, 3.8) is 0 Å². The molecule has 9 heteroatoms. The summed E-state index contributed by atoms with van der Waals surface area (Å²) < 4.78 is 54.0. The molecule has 0 spiro atoms. The van der Waals surface area contributed by atoms with Gasteiger partial charge in [0.2, 0.25) is 15.9 Å². The Morgan fingerprint density at radius 3 is 2.18 bits per heavy atom. The molecule has 1 amide bonds. The van der Waals surface area contributed by atoms with Gasteiger partial charge in [0.05, 0.1) is 0 Å². The van der Waals surface area contributed by atoms with E-state index in [-0.39, 0.29) is 24.9 Å². The minimum Gasteiger partial charge on any atom is -0.382 e. The molecule has 4 rings (SSSR count). The summed E-state index contributed by atoms with van der Waals surface area (Å²) in [5.41, 5.74) is 1.72. The molecule has 1 aliphatic carbocycles. The summed E-state index contributed by atoms with van der Waals surface area (Å²) in [7, 11) is -4.16. The highest BCUT2D eigenvalue weighted by Crippen LogP contribution is 2.27. The lowest BCUT2D eigenvalue weighted by molar-refractivity contribution is -0.120. The third kappa shape index (κ3) is 5.70. The van der Waals surface area contributed by atoms with Crippen LogP contribution in [0.25, 0.3) is 0 Å². The predicted octanol–water partition coefficient (Wildman–Crippen LogP) is 4.75. The molecule has 178 valence electrons. The Morgan fingerprint density at radius 2 is 1.52 bits per heavy atom. The number of carbonyl (C=O) groups excluding carboxylic acids is 1. The Hall–Kier alpha value is -2.52. The number of benzene rings is 2. The zero-order chi connectivity index (χ0) is 23.4. The molecular weight excluding hydrogens is 448 g/mol. The quantitative estimate of drug-likeness (QED) is 0.630. The van der Waals surface area contributed by atoms with Crippen molar-refractivity contribution in [2.24, 2.45) is 5.92 Å². The minimum absolute atomic E-state index is 0.0701. The second-order valence-corrected chi connectivity index (χ2v) is 10.7. The van der Waals surface area contributed by atoms with Crippen molar-refractivity contribution in [3.05, 3.63) is 54.1 Å². The number of rotatable bonds is 6. The SMILES string of the molecule is O=C(Nc1ccc(NC2CCCCC2)cc1)C1CCN(S(=O)(=O)c2cc(F)ccc2F)CC1. The zero-order valence-electron chi connectivity index (χ0n) is 18.4. The van der Waals surface area contributed by atoms with Crippen LogP contribution >= 0.6 is 0 Å². The summed E-state index contributed by atoms with van der Waals surface area (Å²) in [6.45, 7) is 0.140. The van der Waals surface area contributed by atoms with Crippen LogP contribution in [0.4, 0.5) is 20.2 Å². The number of hydrogen-bond donors (Lipinski definition) is 2. The van der Waals surface area contributed by atoms with Crippen molar-refractivity contribution in [2.75, 3.05) is 23.7 Å². The first-order valence-electron chi connectivity index (χ1n) is 11.5. The van der Waals surface area contributed by atoms with Gasteiger partial charge in [-0.3, -0.25) is 4.79 Å². The zero-order valence-corrected chi connectivity index (χ0v) is 19.2. The Labute approximate surface area is 193 Å². The minimum atomic E-state index is -4.16. The van der Waals surface area contributed by atoms with Gasteiger partial charge in [0.15, 0.2) is 0 Å². The third-order valence-corrected chi connectivity index (χ3v) is 8.38. The largest absolute Gasteiger partial charge is 0.382 e. The van der Waals surface area contributed by atoms with Gasteiger partial charge in [-0.05, 0) is 68.1 Å². The van der Waals surface area contributed by atoms with E-state index in [4.69, 9.17) is 0 Å². The van der Waals surface area contributed by atoms with Crippen LogP contribution in [0.3, 0.4) is 0 Å². The molecule has 2 aromatic carbocycles. The fraction of sp³-hybridized carbons (Fsp3) is 0.458. The lowest BCUT2D eigenvalue weighted by Gasteiger charge is -2.30. The first-order chi connectivity index (χ1) is 15.8. The molecule has 33 heavy (non-hydrogen) atoms. The highest BCUT2D eigenvalue weighted by atomic mass is 32.2. The van der Waals surface area contributed by atoms with E-state index in [1.54, 1.807) is 0 Å². The summed E-state index contributed by atoms with van der Waals surface area (Å²) >= 11 is 0. The van der Waals surface area contributed by atoms with Crippen LogP contribution in [-0.2, 0) is 14.8 Å².